The first-order chi connectivity index (χ1) is 13.2. The Morgan fingerprint density at radius 1 is 1.37 bits per heavy atom. The first-order valence-corrected chi connectivity index (χ1v) is 9.17. The predicted molar refractivity (Wildman–Crippen MR) is 100.0 cm³/mol. The maximum Gasteiger partial charge on any atom is 0.237 e. The largest absolute Gasteiger partial charge is 0.494 e. The fourth-order valence-electron chi connectivity index (χ4n) is 3.16. The first-order valence-electron chi connectivity index (χ1n) is 9.17. The molecule has 7 nitrogen and oxygen atoms in total. The molecule has 27 heavy (non-hydrogen) atoms. The summed E-state index contributed by atoms with van der Waals surface area (Å²) in [6, 6.07) is 9.10. The van der Waals surface area contributed by atoms with Crippen molar-refractivity contribution in [3.63, 3.8) is 0 Å². The molecule has 2 N–H and O–H groups in total. The van der Waals surface area contributed by atoms with E-state index in [-0.39, 0.29) is 18.2 Å². The standard InChI is InChI=1S/C20H25N3O4/c1-2-27-18-6-4-3-5-16(18)13-23-9-8-21-20(25)17(23)11-19(24)22-12-15-7-10-26-14-15/h3-7,10,14,17H,2,8-9,11-13H2,1H3,(H,21,25)(H,22,24). The Hall–Kier alpha value is -2.80. The van der Waals surface area contributed by atoms with Crippen LogP contribution in [0.15, 0.2) is 47.3 Å². The van der Waals surface area contributed by atoms with Crippen LogP contribution in [0.5, 0.6) is 5.75 Å². The molecule has 2 aromatic rings. The molecule has 0 saturated carbocycles. The molecule has 0 radical (unpaired) electrons. The Labute approximate surface area is 158 Å². The SMILES string of the molecule is CCOc1ccccc1CN1CCNC(=O)C1CC(=O)NCc1ccoc1. The first kappa shape index (κ1) is 19.0. The lowest BCUT2D eigenvalue weighted by Gasteiger charge is -2.35. The van der Waals surface area contributed by atoms with Gasteiger partial charge in [0.2, 0.25) is 11.8 Å². The molecular formula is C20H25N3O4. The summed E-state index contributed by atoms with van der Waals surface area (Å²) in [5, 5.41) is 5.69. The van der Waals surface area contributed by atoms with Crippen LogP contribution in [0.4, 0.5) is 0 Å². The highest BCUT2D eigenvalue weighted by molar-refractivity contribution is 5.88. The zero-order valence-corrected chi connectivity index (χ0v) is 15.4. The zero-order chi connectivity index (χ0) is 19.1. The number of nitrogens with zero attached hydrogens (tertiary/aromatic N) is 1. The molecule has 2 heterocycles. The number of furan rings is 1. The van der Waals surface area contributed by atoms with Crippen LogP contribution in [0.2, 0.25) is 0 Å². The second-order valence-electron chi connectivity index (χ2n) is 6.43. The number of piperazine rings is 1. The quantitative estimate of drug-likeness (QED) is 0.738. The van der Waals surface area contributed by atoms with Gasteiger partial charge in [-0.1, -0.05) is 18.2 Å². The van der Waals surface area contributed by atoms with Crippen molar-refractivity contribution in [3.8, 4) is 5.75 Å². The molecule has 1 aromatic carbocycles. The Morgan fingerprint density at radius 3 is 3.00 bits per heavy atom. The third kappa shape index (κ3) is 5.10. The molecule has 1 fully saturated rings. The van der Waals surface area contributed by atoms with Gasteiger partial charge in [0.05, 0.1) is 31.6 Å². The van der Waals surface area contributed by atoms with Gasteiger partial charge in [-0.15, -0.1) is 0 Å². The van der Waals surface area contributed by atoms with Gasteiger partial charge < -0.3 is 19.8 Å². The highest BCUT2D eigenvalue weighted by Gasteiger charge is 2.32. The smallest absolute Gasteiger partial charge is 0.237 e. The van der Waals surface area contributed by atoms with E-state index >= 15 is 0 Å². The summed E-state index contributed by atoms with van der Waals surface area (Å²) >= 11 is 0. The van der Waals surface area contributed by atoms with Crippen molar-refractivity contribution < 1.29 is 18.7 Å². The van der Waals surface area contributed by atoms with Crippen molar-refractivity contribution in [1.82, 2.24) is 15.5 Å². The summed E-state index contributed by atoms with van der Waals surface area (Å²) in [5.74, 6) is 0.532. The summed E-state index contributed by atoms with van der Waals surface area (Å²) in [4.78, 5) is 26.8. The lowest BCUT2D eigenvalue weighted by molar-refractivity contribution is -0.134. The summed E-state index contributed by atoms with van der Waals surface area (Å²) in [6.45, 7) is 4.73. The van der Waals surface area contributed by atoms with Crippen molar-refractivity contribution in [2.24, 2.45) is 0 Å². The molecule has 1 unspecified atom stereocenters. The van der Waals surface area contributed by atoms with Gasteiger partial charge in [-0.3, -0.25) is 14.5 Å². The zero-order valence-electron chi connectivity index (χ0n) is 15.4. The number of nitrogens with one attached hydrogen (secondary N) is 2. The summed E-state index contributed by atoms with van der Waals surface area (Å²) in [7, 11) is 0. The molecule has 144 valence electrons. The molecule has 0 spiro atoms. The fraction of sp³-hybridized carbons (Fsp3) is 0.400. The van der Waals surface area contributed by atoms with Gasteiger partial charge in [-0.25, -0.2) is 0 Å². The van der Waals surface area contributed by atoms with Crippen LogP contribution in [0.1, 0.15) is 24.5 Å². The third-order valence-electron chi connectivity index (χ3n) is 4.54. The average Bonchev–Trinajstić information content (AvgIpc) is 3.18. The molecule has 0 bridgehead atoms. The molecule has 1 aromatic heterocycles. The molecule has 1 aliphatic rings. The molecule has 1 saturated heterocycles. The van der Waals surface area contributed by atoms with Crippen molar-refractivity contribution in [2.45, 2.75) is 32.5 Å². The van der Waals surface area contributed by atoms with E-state index in [0.29, 0.717) is 32.8 Å². The number of rotatable bonds is 8. The van der Waals surface area contributed by atoms with Gasteiger partial charge in [0.15, 0.2) is 0 Å². The molecule has 1 aliphatic heterocycles. The monoisotopic (exact) mass is 371 g/mol. The van der Waals surface area contributed by atoms with E-state index in [1.54, 1.807) is 18.6 Å². The minimum atomic E-state index is -0.502. The lowest BCUT2D eigenvalue weighted by Crippen LogP contribution is -2.56. The van der Waals surface area contributed by atoms with Crippen molar-refractivity contribution in [1.29, 1.82) is 0 Å². The highest BCUT2D eigenvalue weighted by atomic mass is 16.5. The highest BCUT2D eigenvalue weighted by Crippen LogP contribution is 2.22. The normalized spacial score (nSPS) is 17.4. The number of carbonyl (C=O) groups is 2. The topological polar surface area (TPSA) is 83.8 Å². The number of amides is 2. The van der Waals surface area contributed by atoms with E-state index in [2.05, 4.69) is 10.6 Å². The van der Waals surface area contributed by atoms with Crippen molar-refractivity contribution >= 4 is 11.8 Å². The molecular weight excluding hydrogens is 346 g/mol. The van der Waals surface area contributed by atoms with Gasteiger partial charge in [-0.2, -0.15) is 0 Å². The van der Waals surface area contributed by atoms with Crippen LogP contribution in [0.3, 0.4) is 0 Å². The van der Waals surface area contributed by atoms with Crippen LogP contribution in [0.25, 0.3) is 0 Å². The maximum absolute atomic E-state index is 12.4. The molecule has 3 rings (SSSR count). The number of carbonyl (C=O) groups excluding carboxylic acids is 2. The van der Waals surface area contributed by atoms with Gasteiger partial charge in [-0.05, 0) is 19.1 Å². The van der Waals surface area contributed by atoms with Gasteiger partial charge in [0.25, 0.3) is 0 Å². The molecule has 1 atom stereocenters. The minimum Gasteiger partial charge on any atom is -0.494 e. The second-order valence-corrected chi connectivity index (χ2v) is 6.43. The van der Waals surface area contributed by atoms with Crippen molar-refractivity contribution in [3.05, 3.63) is 54.0 Å². The number of benzene rings is 1. The van der Waals surface area contributed by atoms with Gasteiger partial charge >= 0.3 is 0 Å². The Morgan fingerprint density at radius 2 is 2.22 bits per heavy atom. The van der Waals surface area contributed by atoms with Crippen LogP contribution < -0.4 is 15.4 Å². The van der Waals surface area contributed by atoms with Crippen LogP contribution in [-0.4, -0.2) is 42.5 Å². The Bertz CT molecular complexity index is 760. The summed E-state index contributed by atoms with van der Waals surface area (Å²) < 4.78 is 10.7. The third-order valence-corrected chi connectivity index (χ3v) is 4.54. The summed E-state index contributed by atoms with van der Waals surface area (Å²) in [6.07, 6.45) is 3.26. The maximum atomic E-state index is 12.4. The fourth-order valence-corrected chi connectivity index (χ4v) is 3.16. The minimum absolute atomic E-state index is 0.112. The summed E-state index contributed by atoms with van der Waals surface area (Å²) in [5.41, 5.74) is 1.90. The van der Waals surface area contributed by atoms with E-state index in [9.17, 15) is 9.59 Å². The number of hydrogen-bond acceptors (Lipinski definition) is 5. The van der Waals surface area contributed by atoms with E-state index in [0.717, 1.165) is 16.9 Å². The lowest BCUT2D eigenvalue weighted by atomic mass is 10.1. The van der Waals surface area contributed by atoms with Crippen LogP contribution in [-0.2, 0) is 22.7 Å². The van der Waals surface area contributed by atoms with Gasteiger partial charge in [0, 0.05) is 37.3 Å². The number of hydrogen-bond donors (Lipinski definition) is 2. The predicted octanol–water partition coefficient (Wildman–Crippen LogP) is 1.69. The van der Waals surface area contributed by atoms with E-state index in [1.807, 2.05) is 36.1 Å². The Kier molecular flexibility index (Phi) is 6.49. The van der Waals surface area contributed by atoms with E-state index < -0.39 is 6.04 Å². The van der Waals surface area contributed by atoms with E-state index in [4.69, 9.17) is 9.15 Å². The van der Waals surface area contributed by atoms with Crippen LogP contribution >= 0.6 is 0 Å². The number of para-hydroxylation sites is 1. The van der Waals surface area contributed by atoms with Gasteiger partial charge in [0.1, 0.15) is 5.75 Å². The molecule has 7 heteroatoms. The Balaban J connectivity index is 1.64. The van der Waals surface area contributed by atoms with Crippen LogP contribution in [0, 0.1) is 0 Å². The average molecular weight is 371 g/mol. The number of ether oxygens (including phenoxy) is 1. The van der Waals surface area contributed by atoms with E-state index in [1.165, 1.54) is 0 Å². The van der Waals surface area contributed by atoms with Crippen molar-refractivity contribution in [2.75, 3.05) is 19.7 Å². The second kappa shape index (κ2) is 9.23. The molecule has 2 amide bonds. The molecule has 0 aliphatic carbocycles.